The van der Waals surface area contributed by atoms with Gasteiger partial charge in [-0.3, -0.25) is 0 Å². The van der Waals surface area contributed by atoms with Crippen LogP contribution < -0.4 is 0 Å². The molecule has 0 aliphatic heterocycles. The van der Waals surface area contributed by atoms with Crippen molar-refractivity contribution in [3.63, 3.8) is 0 Å². The Balaban J connectivity index is 3.67. The summed E-state index contributed by atoms with van der Waals surface area (Å²) < 4.78 is 59.8. The Morgan fingerprint density at radius 2 is 1.67 bits per heavy atom. The third kappa shape index (κ3) is 4.51. The lowest BCUT2D eigenvalue weighted by Gasteiger charge is -2.14. The van der Waals surface area contributed by atoms with Gasteiger partial charge in [-0.05, 0) is 6.42 Å². The first kappa shape index (κ1) is 11.6. The summed E-state index contributed by atoms with van der Waals surface area (Å²) in [5.74, 6) is -3.01. The molecule has 0 aromatic carbocycles. The van der Waals surface area contributed by atoms with Crippen molar-refractivity contribution < 1.29 is 22.0 Å². The smallest absolute Gasteiger partial charge is 0.241 e. The van der Waals surface area contributed by atoms with Crippen LogP contribution in [0, 0.1) is 0 Å². The van der Waals surface area contributed by atoms with Gasteiger partial charge in [0.15, 0.2) is 6.17 Å². The van der Waals surface area contributed by atoms with Gasteiger partial charge in [0, 0.05) is 12.8 Å². The van der Waals surface area contributed by atoms with Crippen LogP contribution in [0.25, 0.3) is 0 Å². The zero-order valence-corrected chi connectivity index (χ0v) is 6.67. The maximum absolute atomic E-state index is 12.4. The molecule has 5 heteroatoms. The minimum atomic E-state index is -3.15. The quantitative estimate of drug-likeness (QED) is 0.582. The van der Waals surface area contributed by atoms with Crippen molar-refractivity contribution in [1.29, 1.82) is 0 Å². The van der Waals surface area contributed by atoms with Crippen molar-refractivity contribution in [1.82, 2.24) is 0 Å². The minimum Gasteiger partial charge on any atom is -0.241 e. The molecule has 0 aromatic rings. The van der Waals surface area contributed by atoms with Gasteiger partial charge in [-0.15, -0.1) is 0 Å². The molecule has 0 aliphatic carbocycles. The summed E-state index contributed by atoms with van der Waals surface area (Å²) in [5, 5.41) is 0. The molecule has 0 rings (SSSR count). The van der Waals surface area contributed by atoms with Gasteiger partial charge in [0.1, 0.15) is 0 Å². The van der Waals surface area contributed by atoms with Crippen LogP contribution in [0.3, 0.4) is 0 Å². The van der Waals surface area contributed by atoms with E-state index in [4.69, 9.17) is 0 Å². The number of halogens is 5. The van der Waals surface area contributed by atoms with Gasteiger partial charge in [-0.25, -0.2) is 22.0 Å². The lowest BCUT2D eigenvalue weighted by molar-refractivity contribution is -0.0318. The molecule has 0 spiro atoms. The van der Waals surface area contributed by atoms with E-state index in [1.165, 1.54) is 6.92 Å². The zero-order valence-electron chi connectivity index (χ0n) is 6.67. The second kappa shape index (κ2) is 4.62. The molecular formula is C7H11F5. The van der Waals surface area contributed by atoms with Crippen molar-refractivity contribution in [2.24, 2.45) is 0 Å². The summed E-state index contributed by atoms with van der Waals surface area (Å²) in [5.41, 5.74) is 0. The van der Waals surface area contributed by atoms with E-state index in [1.807, 2.05) is 0 Å². The van der Waals surface area contributed by atoms with Gasteiger partial charge in [0.2, 0.25) is 5.92 Å². The maximum atomic E-state index is 12.4. The zero-order chi connectivity index (χ0) is 9.78. The predicted octanol–water partition coefficient (Wildman–Crippen LogP) is 3.42. The van der Waals surface area contributed by atoms with E-state index < -0.39 is 37.8 Å². The normalized spacial score (nSPS) is 15.2. The van der Waals surface area contributed by atoms with Crippen LogP contribution in [-0.2, 0) is 0 Å². The second-order valence-corrected chi connectivity index (χ2v) is 2.60. The fourth-order valence-corrected chi connectivity index (χ4v) is 0.652. The summed E-state index contributed by atoms with van der Waals surface area (Å²) in [7, 11) is 0. The number of alkyl halides is 5. The van der Waals surface area contributed by atoms with Crippen molar-refractivity contribution >= 4 is 0 Å². The van der Waals surface area contributed by atoms with Crippen molar-refractivity contribution in [2.45, 2.75) is 44.7 Å². The largest absolute Gasteiger partial charge is 0.269 e. The SMILES string of the molecule is CCC(F)(F)CC[C@H](F)C(F)F. The van der Waals surface area contributed by atoms with Crippen LogP contribution in [0.15, 0.2) is 0 Å². The predicted molar refractivity (Wildman–Crippen MR) is 35.4 cm³/mol. The van der Waals surface area contributed by atoms with Gasteiger partial charge < -0.3 is 0 Å². The third-order valence-corrected chi connectivity index (χ3v) is 1.58. The Labute approximate surface area is 67.8 Å². The maximum Gasteiger partial charge on any atom is 0.269 e. The molecule has 0 bridgehead atoms. The van der Waals surface area contributed by atoms with E-state index in [1.54, 1.807) is 0 Å². The fourth-order valence-electron chi connectivity index (χ4n) is 0.652. The van der Waals surface area contributed by atoms with Gasteiger partial charge in [0.05, 0.1) is 0 Å². The second-order valence-electron chi connectivity index (χ2n) is 2.60. The summed E-state index contributed by atoms with van der Waals surface area (Å²) in [4.78, 5) is 0. The topological polar surface area (TPSA) is 0 Å². The third-order valence-electron chi connectivity index (χ3n) is 1.58. The van der Waals surface area contributed by atoms with Gasteiger partial charge in [-0.2, -0.15) is 0 Å². The Morgan fingerprint density at radius 1 is 1.17 bits per heavy atom. The molecule has 74 valence electrons. The van der Waals surface area contributed by atoms with Crippen LogP contribution in [0.1, 0.15) is 26.2 Å². The van der Waals surface area contributed by atoms with Crippen LogP contribution >= 0.6 is 0 Å². The summed E-state index contributed by atoms with van der Waals surface area (Å²) in [6.45, 7) is 1.23. The Kier molecular flexibility index (Phi) is 4.49. The molecule has 0 aromatic heterocycles. The number of rotatable bonds is 5. The molecule has 0 N–H and O–H groups in total. The standard InChI is InChI=1S/C7H11F5/c1-2-7(11,12)4-3-5(8)6(9)10/h5-6H,2-4H2,1H3/t5-/m0/s1. The molecule has 0 radical (unpaired) electrons. The average molecular weight is 190 g/mol. The molecule has 12 heavy (non-hydrogen) atoms. The first-order valence-electron chi connectivity index (χ1n) is 3.69. The van der Waals surface area contributed by atoms with E-state index in [0.29, 0.717) is 0 Å². The van der Waals surface area contributed by atoms with E-state index in [9.17, 15) is 22.0 Å². The van der Waals surface area contributed by atoms with Crippen molar-refractivity contribution in [3.8, 4) is 0 Å². The highest BCUT2D eigenvalue weighted by Crippen LogP contribution is 2.26. The summed E-state index contributed by atoms with van der Waals surface area (Å²) >= 11 is 0. The van der Waals surface area contributed by atoms with E-state index in [0.717, 1.165) is 0 Å². The van der Waals surface area contributed by atoms with E-state index in [-0.39, 0.29) is 0 Å². The molecule has 1 atom stereocenters. The van der Waals surface area contributed by atoms with E-state index in [2.05, 4.69) is 0 Å². The van der Waals surface area contributed by atoms with Crippen LogP contribution in [0.2, 0.25) is 0 Å². The van der Waals surface area contributed by atoms with Gasteiger partial charge in [-0.1, -0.05) is 6.92 Å². The van der Waals surface area contributed by atoms with Gasteiger partial charge in [0.25, 0.3) is 6.43 Å². The molecular weight excluding hydrogens is 179 g/mol. The molecule has 0 aliphatic rings. The Hall–Kier alpha value is -0.350. The Bertz CT molecular complexity index is 123. The first-order chi connectivity index (χ1) is 5.39. The van der Waals surface area contributed by atoms with Crippen molar-refractivity contribution in [3.05, 3.63) is 0 Å². The monoisotopic (exact) mass is 190 g/mol. The van der Waals surface area contributed by atoms with Crippen LogP contribution in [0.5, 0.6) is 0 Å². The van der Waals surface area contributed by atoms with Crippen LogP contribution in [-0.4, -0.2) is 18.5 Å². The molecule has 0 saturated carbocycles. The van der Waals surface area contributed by atoms with Gasteiger partial charge >= 0.3 is 0 Å². The molecule has 0 nitrogen and oxygen atoms in total. The van der Waals surface area contributed by atoms with Crippen molar-refractivity contribution in [2.75, 3.05) is 0 Å². The number of hydrogen-bond donors (Lipinski definition) is 0. The highest BCUT2D eigenvalue weighted by molar-refractivity contribution is 4.68. The molecule has 0 amide bonds. The highest BCUT2D eigenvalue weighted by atomic mass is 19.3. The minimum absolute atomic E-state index is 0.442. The molecule has 0 saturated heterocycles. The van der Waals surface area contributed by atoms with Crippen LogP contribution in [0.4, 0.5) is 22.0 Å². The lowest BCUT2D eigenvalue weighted by Crippen LogP contribution is -2.20. The molecule has 0 heterocycles. The molecule has 0 unspecified atom stereocenters. The first-order valence-corrected chi connectivity index (χ1v) is 3.69. The lowest BCUT2D eigenvalue weighted by atomic mass is 10.1. The number of hydrogen-bond acceptors (Lipinski definition) is 0. The average Bonchev–Trinajstić information content (AvgIpc) is 2.00. The fraction of sp³-hybridized carbons (Fsp3) is 1.00. The summed E-state index contributed by atoms with van der Waals surface area (Å²) in [6.07, 6.45) is -7.61. The molecule has 0 fully saturated rings. The summed E-state index contributed by atoms with van der Waals surface area (Å²) in [6, 6.07) is 0. The Morgan fingerprint density at radius 3 is 2.00 bits per heavy atom. The van der Waals surface area contributed by atoms with E-state index >= 15 is 0 Å². The highest BCUT2D eigenvalue weighted by Gasteiger charge is 2.29.